The lowest BCUT2D eigenvalue weighted by Crippen LogP contribution is -2.50. The molecule has 3 heterocycles. The van der Waals surface area contributed by atoms with E-state index in [9.17, 15) is 9.59 Å². The van der Waals surface area contributed by atoms with Crippen molar-refractivity contribution in [3.63, 3.8) is 0 Å². The molecular formula is C21H24N4O3. The number of piperazine rings is 1. The molecular weight excluding hydrogens is 356 g/mol. The number of ether oxygens (including phenoxy) is 1. The van der Waals surface area contributed by atoms with Gasteiger partial charge in [0.25, 0.3) is 5.91 Å². The maximum Gasteiger partial charge on any atom is 0.260 e. The maximum atomic E-state index is 12.4. The van der Waals surface area contributed by atoms with Gasteiger partial charge in [-0.1, -0.05) is 6.07 Å². The molecule has 0 spiro atoms. The first kappa shape index (κ1) is 18.3. The quantitative estimate of drug-likeness (QED) is 0.793. The molecule has 2 aliphatic heterocycles. The van der Waals surface area contributed by atoms with Crippen LogP contribution in [0, 0.1) is 0 Å². The lowest BCUT2D eigenvalue weighted by molar-refractivity contribution is -0.133. The van der Waals surface area contributed by atoms with E-state index < -0.39 is 0 Å². The summed E-state index contributed by atoms with van der Waals surface area (Å²) >= 11 is 0. The molecule has 28 heavy (non-hydrogen) atoms. The molecule has 4 rings (SSSR count). The van der Waals surface area contributed by atoms with Gasteiger partial charge in [-0.3, -0.25) is 9.59 Å². The van der Waals surface area contributed by atoms with Crippen LogP contribution in [0.25, 0.3) is 0 Å². The summed E-state index contributed by atoms with van der Waals surface area (Å²) in [6.45, 7) is 3.64. The van der Waals surface area contributed by atoms with Crippen LogP contribution >= 0.6 is 0 Å². The first-order valence-corrected chi connectivity index (χ1v) is 9.68. The van der Waals surface area contributed by atoms with Crippen molar-refractivity contribution in [1.82, 2.24) is 9.88 Å². The van der Waals surface area contributed by atoms with E-state index in [0.717, 1.165) is 37.6 Å². The van der Waals surface area contributed by atoms with Crippen LogP contribution in [-0.4, -0.2) is 61.0 Å². The van der Waals surface area contributed by atoms with Crippen molar-refractivity contribution in [2.24, 2.45) is 0 Å². The number of hydrogen-bond donors (Lipinski definition) is 0. The molecule has 2 amide bonds. The largest absolute Gasteiger partial charge is 0.484 e. The van der Waals surface area contributed by atoms with E-state index in [0.29, 0.717) is 25.3 Å². The number of carbonyl (C=O) groups is 2. The standard InChI is InChI=1S/C21H24N4O3/c26-20-5-3-11-25(20)17-6-8-18(9-7-17)28-16-21(27)24-14-12-23(13-15-24)19-4-1-2-10-22-19/h1-2,4,6-10H,3,5,11-16H2. The Morgan fingerprint density at radius 3 is 2.43 bits per heavy atom. The number of hydrogen-bond acceptors (Lipinski definition) is 5. The molecule has 7 nitrogen and oxygen atoms in total. The smallest absolute Gasteiger partial charge is 0.260 e. The van der Waals surface area contributed by atoms with Crippen LogP contribution < -0.4 is 14.5 Å². The first-order chi connectivity index (χ1) is 13.7. The minimum Gasteiger partial charge on any atom is -0.484 e. The summed E-state index contributed by atoms with van der Waals surface area (Å²) < 4.78 is 5.66. The Labute approximate surface area is 164 Å². The number of amides is 2. The summed E-state index contributed by atoms with van der Waals surface area (Å²) in [5.74, 6) is 1.73. The molecule has 146 valence electrons. The fourth-order valence-corrected chi connectivity index (χ4v) is 3.61. The molecule has 2 aromatic rings. The Morgan fingerprint density at radius 1 is 1.00 bits per heavy atom. The number of anilines is 2. The first-order valence-electron chi connectivity index (χ1n) is 9.68. The van der Waals surface area contributed by atoms with Crippen molar-refractivity contribution >= 4 is 23.3 Å². The highest BCUT2D eigenvalue weighted by Gasteiger charge is 2.23. The normalized spacial score (nSPS) is 17.1. The molecule has 0 saturated carbocycles. The predicted octanol–water partition coefficient (Wildman–Crippen LogP) is 1.94. The van der Waals surface area contributed by atoms with Gasteiger partial charge >= 0.3 is 0 Å². The lowest BCUT2D eigenvalue weighted by atomic mass is 10.2. The van der Waals surface area contributed by atoms with Gasteiger partial charge in [-0.25, -0.2) is 4.98 Å². The van der Waals surface area contributed by atoms with Crippen LogP contribution in [0.15, 0.2) is 48.7 Å². The Bertz CT molecular complexity index is 817. The zero-order chi connectivity index (χ0) is 19.3. The highest BCUT2D eigenvalue weighted by atomic mass is 16.5. The number of benzene rings is 1. The van der Waals surface area contributed by atoms with E-state index in [1.807, 2.05) is 47.4 Å². The second kappa shape index (κ2) is 8.29. The molecule has 0 atom stereocenters. The van der Waals surface area contributed by atoms with E-state index in [-0.39, 0.29) is 18.4 Å². The highest BCUT2D eigenvalue weighted by Crippen LogP contribution is 2.24. The predicted molar refractivity (Wildman–Crippen MR) is 107 cm³/mol. The van der Waals surface area contributed by atoms with E-state index >= 15 is 0 Å². The molecule has 0 aliphatic carbocycles. The number of carbonyl (C=O) groups excluding carboxylic acids is 2. The van der Waals surface area contributed by atoms with Crippen LogP contribution in [0.4, 0.5) is 11.5 Å². The number of rotatable bonds is 5. The molecule has 0 radical (unpaired) electrons. The fraction of sp³-hybridized carbons (Fsp3) is 0.381. The van der Waals surface area contributed by atoms with Gasteiger partial charge in [-0.05, 0) is 42.8 Å². The van der Waals surface area contributed by atoms with E-state index in [1.54, 1.807) is 11.1 Å². The molecule has 7 heteroatoms. The fourth-order valence-electron chi connectivity index (χ4n) is 3.61. The SMILES string of the molecule is O=C(COc1ccc(N2CCCC2=O)cc1)N1CCN(c2ccccn2)CC1. The monoisotopic (exact) mass is 380 g/mol. The second-order valence-corrected chi connectivity index (χ2v) is 6.99. The molecule has 0 unspecified atom stereocenters. The third-order valence-electron chi connectivity index (χ3n) is 5.19. The topological polar surface area (TPSA) is 66.0 Å². The summed E-state index contributed by atoms with van der Waals surface area (Å²) in [5.41, 5.74) is 0.881. The van der Waals surface area contributed by atoms with E-state index in [4.69, 9.17) is 4.74 Å². The van der Waals surface area contributed by atoms with Gasteiger partial charge in [0.15, 0.2) is 6.61 Å². The van der Waals surface area contributed by atoms with Crippen molar-refractivity contribution in [3.8, 4) is 5.75 Å². The van der Waals surface area contributed by atoms with Crippen LogP contribution in [0.3, 0.4) is 0 Å². The van der Waals surface area contributed by atoms with E-state index in [2.05, 4.69) is 9.88 Å². The average molecular weight is 380 g/mol. The summed E-state index contributed by atoms with van der Waals surface area (Å²) in [7, 11) is 0. The van der Waals surface area contributed by atoms with Crippen molar-refractivity contribution in [3.05, 3.63) is 48.7 Å². The van der Waals surface area contributed by atoms with Gasteiger partial charge in [-0.2, -0.15) is 0 Å². The van der Waals surface area contributed by atoms with Crippen LogP contribution in [0.2, 0.25) is 0 Å². The molecule has 1 aromatic carbocycles. The highest BCUT2D eigenvalue weighted by molar-refractivity contribution is 5.95. The lowest BCUT2D eigenvalue weighted by Gasteiger charge is -2.35. The summed E-state index contributed by atoms with van der Waals surface area (Å²) in [5, 5.41) is 0. The number of aromatic nitrogens is 1. The van der Waals surface area contributed by atoms with Crippen LogP contribution in [0.5, 0.6) is 5.75 Å². The van der Waals surface area contributed by atoms with Crippen LogP contribution in [-0.2, 0) is 9.59 Å². The van der Waals surface area contributed by atoms with Gasteiger partial charge in [-0.15, -0.1) is 0 Å². The molecule has 1 aromatic heterocycles. The Hall–Kier alpha value is -3.09. The minimum absolute atomic E-state index is 0.0144. The third-order valence-corrected chi connectivity index (χ3v) is 5.19. The number of pyridine rings is 1. The van der Waals surface area contributed by atoms with Crippen molar-refractivity contribution in [2.45, 2.75) is 12.8 Å². The molecule has 0 bridgehead atoms. The summed E-state index contributed by atoms with van der Waals surface area (Å²) in [6.07, 6.45) is 3.30. The Balaban J connectivity index is 1.25. The van der Waals surface area contributed by atoms with Gasteiger partial charge in [0.1, 0.15) is 11.6 Å². The Morgan fingerprint density at radius 2 is 1.79 bits per heavy atom. The van der Waals surface area contributed by atoms with Gasteiger partial charge in [0.2, 0.25) is 5.91 Å². The minimum atomic E-state index is -0.0144. The zero-order valence-electron chi connectivity index (χ0n) is 15.8. The van der Waals surface area contributed by atoms with Gasteiger partial charge in [0, 0.05) is 51.0 Å². The van der Waals surface area contributed by atoms with Crippen LogP contribution in [0.1, 0.15) is 12.8 Å². The molecule has 2 aliphatic rings. The summed E-state index contributed by atoms with van der Waals surface area (Å²) in [6, 6.07) is 13.2. The Kier molecular flexibility index (Phi) is 5.41. The molecule has 0 N–H and O–H groups in total. The molecule has 2 fully saturated rings. The van der Waals surface area contributed by atoms with E-state index in [1.165, 1.54) is 0 Å². The van der Waals surface area contributed by atoms with Crippen molar-refractivity contribution < 1.29 is 14.3 Å². The van der Waals surface area contributed by atoms with Gasteiger partial charge in [0.05, 0.1) is 0 Å². The van der Waals surface area contributed by atoms with Crippen molar-refractivity contribution in [1.29, 1.82) is 0 Å². The maximum absolute atomic E-state index is 12.4. The summed E-state index contributed by atoms with van der Waals surface area (Å²) in [4.78, 5) is 34.4. The average Bonchev–Trinajstić information content (AvgIpc) is 3.19. The zero-order valence-corrected chi connectivity index (χ0v) is 15.8. The molecule has 2 saturated heterocycles. The number of nitrogens with zero attached hydrogens (tertiary/aromatic N) is 4. The van der Waals surface area contributed by atoms with Gasteiger partial charge < -0.3 is 19.4 Å². The second-order valence-electron chi connectivity index (χ2n) is 6.99. The third kappa shape index (κ3) is 4.08. The van der Waals surface area contributed by atoms with Crippen molar-refractivity contribution in [2.75, 3.05) is 49.1 Å².